The largest absolute Gasteiger partial charge is 0.383 e. The minimum absolute atomic E-state index is 0.230. The van der Waals surface area contributed by atoms with Crippen molar-refractivity contribution in [3.8, 4) is 11.4 Å². The van der Waals surface area contributed by atoms with Crippen molar-refractivity contribution in [2.45, 2.75) is 0 Å². The van der Waals surface area contributed by atoms with Gasteiger partial charge < -0.3 is 16.0 Å². The molecule has 2 heterocycles. The van der Waals surface area contributed by atoms with Gasteiger partial charge in [-0.15, -0.1) is 0 Å². The van der Waals surface area contributed by atoms with Gasteiger partial charge in [0.1, 0.15) is 23.5 Å². The van der Waals surface area contributed by atoms with Gasteiger partial charge in [-0.2, -0.15) is 4.98 Å². The fourth-order valence-electron chi connectivity index (χ4n) is 0.923. The average Bonchev–Trinajstić information content (AvgIpc) is 2.57. The summed E-state index contributed by atoms with van der Waals surface area (Å²) in [5.41, 5.74) is 11.5. The van der Waals surface area contributed by atoms with Crippen LogP contribution >= 0.6 is 0 Å². The first-order valence-electron chi connectivity index (χ1n) is 3.41. The molecule has 0 aliphatic rings. The number of hydrogen-bond donors (Lipinski definition) is 2. The first-order chi connectivity index (χ1) is 6.29. The second kappa shape index (κ2) is 2.70. The molecule has 0 aromatic carbocycles. The highest BCUT2D eigenvalue weighted by molar-refractivity contribution is 5.77. The number of hydrogen-bond acceptors (Lipinski definition) is 7. The Balaban J connectivity index is 2.64. The standard InChI is InChI=1S/C6H6N6O/c7-4-3(5(8)10-1-9-4)6-11-2-13-12-6/h1-2H,(H4,7,8,9,10). The van der Waals surface area contributed by atoms with E-state index in [2.05, 4.69) is 24.6 Å². The Morgan fingerprint density at radius 1 is 1.08 bits per heavy atom. The van der Waals surface area contributed by atoms with Gasteiger partial charge >= 0.3 is 0 Å². The molecular weight excluding hydrogens is 172 g/mol. The third-order valence-corrected chi connectivity index (χ3v) is 1.49. The van der Waals surface area contributed by atoms with Gasteiger partial charge in [0.2, 0.25) is 12.2 Å². The van der Waals surface area contributed by atoms with Crippen LogP contribution in [0, 0.1) is 0 Å². The van der Waals surface area contributed by atoms with Crippen LogP contribution in [-0.2, 0) is 0 Å². The summed E-state index contributed by atoms with van der Waals surface area (Å²) in [4.78, 5) is 11.3. The number of nitrogens with zero attached hydrogens (tertiary/aromatic N) is 4. The van der Waals surface area contributed by atoms with Crippen LogP contribution in [0.1, 0.15) is 0 Å². The third kappa shape index (κ3) is 1.15. The first-order valence-corrected chi connectivity index (χ1v) is 3.41. The fourth-order valence-corrected chi connectivity index (χ4v) is 0.923. The van der Waals surface area contributed by atoms with Crippen LogP contribution in [0.2, 0.25) is 0 Å². The zero-order chi connectivity index (χ0) is 9.26. The van der Waals surface area contributed by atoms with E-state index < -0.39 is 0 Å². The highest BCUT2D eigenvalue weighted by Crippen LogP contribution is 2.24. The summed E-state index contributed by atoms with van der Waals surface area (Å²) in [5.74, 6) is 0.749. The van der Waals surface area contributed by atoms with Gasteiger partial charge in [0.25, 0.3) is 0 Å². The highest BCUT2D eigenvalue weighted by atomic mass is 16.5. The van der Waals surface area contributed by atoms with E-state index in [-0.39, 0.29) is 17.5 Å². The normalized spacial score (nSPS) is 10.2. The Hall–Kier alpha value is -2.18. The summed E-state index contributed by atoms with van der Waals surface area (Å²) in [6, 6.07) is 0. The lowest BCUT2D eigenvalue weighted by atomic mass is 10.2. The molecule has 2 aromatic rings. The zero-order valence-corrected chi connectivity index (χ0v) is 6.51. The maximum Gasteiger partial charge on any atom is 0.214 e. The summed E-state index contributed by atoms with van der Waals surface area (Å²) >= 11 is 0. The molecule has 2 rings (SSSR count). The van der Waals surface area contributed by atoms with Crippen LogP contribution in [-0.4, -0.2) is 20.1 Å². The van der Waals surface area contributed by atoms with Gasteiger partial charge in [-0.1, -0.05) is 5.16 Å². The monoisotopic (exact) mass is 178 g/mol. The van der Waals surface area contributed by atoms with E-state index >= 15 is 0 Å². The molecule has 13 heavy (non-hydrogen) atoms. The van der Waals surface area contributed by atoms with Crippen molar-refractivity contribution < 1.29 is 4.52 Å². The van der Waals surface area contributed by atoms with Gasteiger partial charge in [-0.3, -0.25) is 0 Å². The second-order valence-electron chi connectivity index (χ2n) is 2.27. The molecule has 7 heteroatoms. The van der Waals surface area contributed by atoms with E-state index in [0.29, 0.717) is 5.56 Å². The lowest BCUT2D eigenvalue weighted by molar-refractivity contribution is 0.419. The van der Waals surface area contributed by atoms with Gasteiger partial charge in [0, 0.05) is 0 Å². The number of nitrogen functional groups attached to an aromatic ring is 2. The smallest absolute Gasteiger partial charge is 0.214 e. The predicted molar refractivity (Wildman–Crippen MR) is 44.1 cm³/mol. The predicted octanol–water partition coefficient (Wildman–Crippen LogP) is -0.309. The van der Waals surface area contributed by atoms with Crippen molar-refractivity contribution in [2.24, 2.45) is 0 Å². The third-order valence-electron chi connectivity index (χ3n) is 1.49. The number of aromatic nitrogens is 4. The van der Waals surface area contributed by atoms with Crippen LogP contribution in [0.25, 0.3) is 11.4 Å². The van der Waals surface area contributed by atoms with Crippen molar-refractivity contribution in [3.63, 3.8) is 0 Å². The van der Waals surface area contributed by atoms with E-state index in [0.717, 1.165) is 0 Å². The van der Waals surface area contributed by atoms with Crippen LogP contribution < -0.4 is 11.5 Å². The molecule has 7 nitrogen and oxygen atoms in total. The van der Waals surface area contributed by atoms with Crippen molar-refractivity contribution >= 4 is 11.6 Å². The number of rotatable bonds is 1. The molecule has 0 unspecified atom stereocenters. The lowest BCUT2D eigenvalue weighted by Crippen LogP contribution is -2.02. The molecule has 0 radical (unpaired) electrons. The Labute approximate surface area is 72.8 Å². The van der Waals surface area contributed by atoms with Gasteiger partial charge in [0.15, 0.2) is 0 Å². The molecule has 0 aliphatic carbocycles. The van der Waals surface area contributed by atoms with Crippen LogP contribution in [0.4, 0.5) is 11.6 Å². The molecule has 0 saturated heterocycles. The summed E-state index contributed by atoms with van der Waals surface area (Å²) < 4.78 is 4.55. The van der Waals surface area contributed by atoms with Gasteiger partial charge in [-0.05, 0) is 0 Å². The topological polar surface area (TPSA) is 117 Å². The average molecular weight is 178 g/mol. The summed E-state index contributed by atoms with van der Waals surface area (Å²) in [6.07, 6.45) is 2.45. The zero-order valence-electron chi connectivity index (χ0n) is 6.51. The molecule has 0 saturated carbocycles. The quantitative estimate of drug-likeness (QED) is 0.615. The molecule has 0 fully saturated rings. The van der Waals surface area contributed by atoms with Crippen LogP contribution in [0.5, 0.6) is 0 Å². The Morgan fingerprint density at radius 3 is 2.31 bits per heavy atom. The van der Waals surface area contributed by atoms with E-state index in [1.54, 1.807) is 0 Å². The van der Waals surface area contributed by atoms with Crippen molar-refractivity contribution in [1.29, 1.82) is 0 Å². The fraction of sp³-hybridized carbons (Fsp3) is 0. The van der Waals surface area contributed by atoms with Crippen molar-refractivity contribution in [2.75, 3.05) is 11.5 Å². The lowest BCUT2D eigenvalue weighted by Gasteiger charge is -2.00. The van der Waals surface area contributed by atoms with Crippen molar-refractivity contribution in [1.82, 2.24) is 20.1 Å². The van der Waals surface area contributed by atoms with Gasteiger partial charge in [-0.25, -0.2) is 9.97 Å². The molecule has 0 bridgehead atoms. The molecule has 0 amide bonds. The molecule has 0 spiro atoms. The Kier molecular flexibility index (Phi) is 1.55. The molecule has 2 aromatic heterocycles. The van der Waals surface area contributed by atoms with Gasteiger partial charge in [0.05, 0.1) is 0 Å². The molecular formula is C6H6N6O. The van der Waals surface area contributed by atoms with Crippen LogP contribution in [0.3, 0.4) is 0 Å². The van der Waals surface area contributed by atoms with Crippen LogP contribution in [0.15, 0.2) is 17.2 Å². The maximum absolute atomic E-state index is 5.56. The molecule has 66 valence electrons. The maximum atomic E-state index is 5.56. The number of anilines is 2. The first kappa shape index (κ1) is 7.47. The SMILES string of the molecule is Nc1ncnc(N)c1-c1ncon1. The summed E-state index contributed by atoms with van der Waals surface area (Å²) in [5, 5.41) is 3.58. The minimum Gasteiger partial charge on any atom is -0.383 e. The van der Waals surface area contributed by atoms with Crippen molar-refractivity contribution in [3.05, 3.63) is 12.7 Å². The Morgan fingerprint density at radius 2 is 1.77 bits per heavy atom. The summed E-state index contributed by atoms with van der Waals surface area (Å²) in [7, 11) is 0. The minimum atomic E-state index is 0.230. The molecule has 0 atom stereocenters. The van der Waals surface area contributed by atoms with E-state index in [1.807, 2.05) is 0 Å². The number of nitrogens with two attached hydrogens (primary N) is 2. The van der Waals surface area contributed by atoms with E-state index in [4.69, 9.17) is 11.5 Å². The Bertz CT molecular complexity index is 391. The second-order valence-corrected chi connectivity index (χ2v) is 2.27. The summed E-state index contributed by atoms with van der Waals surface area (Å²) in [6.45, 7) is 0. The molecule has 4 N–H and O–H groups in total. The van der Waals surface area contributed by atoms with E-state index in [1.165, 1.54) is 12.7 Å². The highest BCUT2D eigenvalue weighted by Gasteiger charge is 2.12. The molecule has 0 aliphatic heterocycles. The van der Waals surface area contributed by atoms with E-state index in [9.17, 15) is 0 Å².